The predicted octanol–water partition coefficient (Wildman–Crippen LogP) is 3.71. The normalized spacial score (nSPS) is 13.2. The van der Waals surface area contributed by atoms with E-state index in [0.29, 0.717) is 5.02 Å². The van der Waals surface area contributed by atoms with E-state index in [4.69, 9.17) is 23.2 Å². The van der Waals surface area contributed by atoms with Gasteiger partial charge in [0.25, 0.3) is 0 Å². The zero-order chi connectivity index (χ0) is 17.9. The second-order valence-electron chi connectivity index (χ2n) is 5.40. The first-order chi connectivity index (χ1) is 11.2. The second-order valence-corrected chi connectivity index (χ2v) is 7.95. The molecule has 24 heavy (non-hydrogen) atoms. The number of hydrogen-bond acceptors (Lipinski definition) is 3. The van der Waals surface area contributed by atoms with Crippen LogP contribution >= 0.6 is 23.2 Å². The average molecular weight is 391 g/mol. The van der Waals surface area contributed by atoms with Crippen molar-refractivity contribution in [2.24, 2.45) is 0 Å². The molecular formula is C16H17Cl2FN2O2S. The molecule has 0 aliphatic heterocycles. The number of nitrogens with one attached hydrogen (secondary N) is 1. The van der Waals surface area contributed by atoms with Crippen LogP contribution in [0.25, 0.3) is 0 Å². The summed E-state index contributed by atoms with van der Waals surface area (Å²) >= 11 is 11.9. The van der Waals surface area contributed by atoms with Crippen LogP contribution in [-0.4, -0.2) is 34.0 Å². The standard InChI is InChI=1S/C16H17Cl2FN2O2S/c1-21(2)14(11-6-3-4-7-12(11)17)10-20-24(22,23)15-9-5-8-13(18)16(15)19/h3-9,14,20H,10H2,1-2H3. The minimum Gasteiger partial charge on any atom is -0.301 e. The Kier molecular flexibility index (Phi) is 6.22. The molecule has 0 aliphatic carbocycles. The lowest BCUT2D eigenvalue weighted by molar-refractivity contribution is 0.299. The van der Waals surface area contributed by atoms with Gasteiger partial charge in [-0.05, 0) is 37.9 Å². The molecule has 1 N–H and O–H groups in total. The molecule has 0 spiro atoms. The number of likely N-dealkylation sites (N-methyl/N-ethyl adjacent to an activating group) is 1. The van der Waals surface area contributed by atoms with Crippen molar-refractivity contribution < 1.29 is 12.8 Å². The van der Waals surface area contributed by atoms with Crippen molar-refractivity contribution in [3.63, 3.8) is 0 Å². The summed E-state index contributed by atoms with van der Waals surface area (Å²) in [7, 11) is -0.426. The molecule has 0 saturated carbocycles. The third-order valence-corrected chi connectivity index (χ3v) is 5.64. The molecule has 0 bridgehead atoms. The van der Waals surface area contributed by atoms with Gasteiger partial charge in [0.05, 0.1) is 5.02 Å². The lowest BCUT2D eigenvalue weighted by Gasteiger charge is -2.26. The van der Waals surface area contributed by atoms with Crippen LogP contribution in [0.15, 0.2) is 47.4 Å². The quantitative estimate of drug-likeness (QED) is 0.817. The van der Waals surface area contributed by atoms with Crippen LogP contribution in [0.4, 0.5) is 4.39 Å². The topological polar surface area (TPSA) is 49.4 Å². The fraction of sp³-hybridized carbons (Fsp3) is 0.250. The highest BCUT2D eigenvalue weighted by Crippen LogP contribution is 2.26. The Morgan fingerprint density at radius 2 is 1.71 bits per heavy atom. The maximum atomic E-state index is 14.0. The maximum absolute atomic E-state index is 14.0. The Morgan fingerprint density at radius 1 is 1.08 bits per heavy atom. The summed E-state index contributed by atoms with van der Waals surface area (Å²) in [4.78, 5) is 1.35. The molecule has 1 atom stereocenters. The van der Waals surface area contributed by atoms with Crippen LogP contribution in [0, 0.1) is 5.82 Å². The highest BCUT2D eigenvalue weighted by atomic mass is 35.5. The van der Waals surface area contributed by atoms with Gasteiger partial charge < -0.3 is 4.90 Å². The van der Waals surface area contributed by atoms with Crippen LogP contribution in [0.5, 0.6) is 0 Å². The lowest BCUT2D eigenvalue weighted by atomic mass is 10.1. The smallest absolute Gasteiger partial charge is 0.243 e. The Morgan fingerprint density at radius 3 is 2.33 bits per heavy atom. The first-order valence-corrected chi connectivity index (χ1v) is 9.32. The number of rotatable bonds is 6. The van der Waals surface area contributed by atoms with Gasteiger partial charge in [0.2, 0.25) is 10.0 Å². The number of benzene rings is 2. The van der Waals surface area contributed by atoms with Gasteiger partial charge in [0.15, 0.2) is 5.82 Å². The van der Waals surface area contributed by atoms with Gasteiger partial charge in [0, 0.05) is 17.6 Å². The molecule has 1 unspecified atom stereocenters. The van der Waals surface area contributed by atoms with Gasteiger partial charge in [-0.1, -0.05) is 47.5 Å². The monoisotopic (exact) mass is 390 g/mol. The highest BCUT2D eigenvalue weighted by molar-refractivity contribution is 7.89. The van der Waals surface area contributed by atoms with Crippen LogP contribution in [-0.2, 0) is 10.0 Å². The van der Waals surface area contributed by atoms with Gasteiger partial charge in [-0.15, -0.1) is 0 Å². The summed E-state index contributed by atoms with van der Waals surface area (Å²) in [6.07, 6.45) is 0. The fourth-order valence-electron chi connectivity index (χ4n) is 2.27. The van der Waals surface area contributed by atoms with Gasteiger partial charge in [-0.25, -0.2) is 17.5 Å². The summed E-state index contributed by atoms with van der Waals surface area (Å²) < 4.78 is 41.2. The fourth-order valence-corrected chi connectivity index (χ4v) is 3.90. The molecule has 8 heteroatoms. The molecule has 0 fully saturated rings. The van der Waals surface area contributed by atoms with Crippen molar-refractivity contribution in [2.45, 2.75) is 10.9 Å². The summed E-state index contributed by atoms with van der Waals surface area (Å²) in [6.45, 7) is 0.0328. The molecular weight excluding hydrogens is 374 g/mol. The minimum absolute atomic E-state index is 0.0328. The first-order valence-electron chi connectivity index (χ1n) is 7.08. The molecule has 4 nitrogen and oxygen atoms in total. The van der Waals surface area contributed by atoms with Crippen LogP contribution in [0.1, 0.15) is 11.6 Å². The van der Waals surface area contributed by atoms with Gasteiger partial charge in [0.1, 0.15) is 4.90 Å². The van der Waals surface area contributed by atoms with Crippen molar-refractivity contribution >= 4 is 33.2 Å². The van der Waals surface area contributed by atoms with E-state index in [0.717, 1.165) is 5.56 Å². The van der Waals surface area contributed by atoms with E-state index in [9.17, 15) is 12.8 Å². The van der Waals surface area contributed by atoms with E-state index in [1.807, 2.05) is 31.1 Å². The van der Waals surface area contributed by atoms with E-state index in [-0.39, 0.29) is 17.6 Å². The summed E-state index contributed by atoms with van der Waals surface area (Å²) in [5.74, 6) is -0.967. The number of halogens is 3. The minimum atomic E-state index is -4.04. The Hall–Kier alpha value is -1.18. The summed E-state index contributed by atoms with van der Waals surface area (Å²) in [6, 6.07) is 10.7. The largest absolute Gasteiger partial charge is 0.301 e. The predicted molar refractivity (Wildman–Crippen MR) is 94.5 cm³/mol. The highest BCUT2D eigenvalue weighted by Gasteiger charge is 2.24. The molecule has 0 radical (unpaired) electrons. The zero-order valence-corrected chi connectivity index (χ0v) is 15.5. The van der Waals surface area contributed by atoms with Gasteiger partial charge in [-0.2, -0.15) is 0 Å². The third-order valence-electron chi connectivity index (χ3n) is 3.56. The second kappa shape index (κ2) is 7.80. The van der Waals surface area contributed by atoms with Gasteiger partial charge in [-0.3, -0.25) is 0 Å². The van der Waals surface area contributed by atoms with Crippen molar-refractivity contribution in [3.8, 4) is 0 Å². The average Bonchev–Trinajstić information content (AvgIpc) is 2.51. The number of hydrogen-bond donors (Lipinski definition) is 1. The van der Waals surface area contributed by atoms with E-state index in [2.05, 4.69) is 4.72 Å². The van der Waals surface area contributed by atoms with E-state index < -0.39 is 20.7 Å². The molecule has 130 valence electrons. The Labute approximate surface area is 151 Å². The SMILES string of the molecule is CN(C)C(CNS(=O)(=O)c1cccc(Cl)c1F)c1ccccc1Cl. The lowest BCUT2D eigenvalue weighted by Crippen LogP contribution is -2.35. The molecule has 0 amide bonds. The van der Waals surface area contributed by atoms with E-state index in [1.165, 1.54) is 18.2 Å². The first kappa shape index (κ1) is 19.1. The van der Waals surface area contributed by atoms with Crippen LogP contribution in [0.3, 0.4) is 0 Å². The van der Waals surface area contributed by atoms with Crippen LogP contribution in [0.2, 0.25) is 10.0 Å². The van der Waals surface area contributed by atoms with Crippen molar-refractivity contribution in [1.29, 1.82) is 0 Å². The molecule has 0 aromatic heterocycles. The maximum Gasteiger partial charge on any atom is 0.243 e. The summed E-state index contributed by atoms with van der Waals surface area (Å²) in [5, 5.41) is 0.289. The van der Waals surface area contributed by atoms with Crippen LogP contribution < -0.4 is 4.72 Å². The van der Waals surface area contributed by atoms with E-state index >= 15 is 0 Å². The van der Waals surface area contributed by atoms with E-state index in [1.54, 1.807) is 12.1 Å². The molecule has 0 saturated heterocycles. The van der Waals surface area contributed by atoms with Crippen molar-refractivity contribution in [2.75, 3.05) is 20.6 Å². The molecule has 2 rings (SSSR count). The molecule has 0 aliphatic rings. The van der Waals surface area contributed by atoms with Gasteiger partial charge >= 0.3 is 0 Å². The summed E-state index contributed by atoms with van der Waals surface area (Å²) in [5.41, 5.74) is 0.776. The van der Waals surface area contributed by atoms with Crippen molar-refractivity contribution in [1.82, 2.24) is 9.62 Å². The number of nitrogens with zero attached hydrogens (tertiary/aromatic N) is 1. The Balaban J connectivity index is 2.26. The number of sulfonamides is 1. The molecule has 0 heterocycles. The zero-order valence-electron chi connectivity index (χ0n) is 13.1. The molecule has 2 aromatic carbocycles. The molecule has 2 aromatic rings. The Bertz CT molecular complexity index is 829. The van der Waals surface area contributed by atoms with Crippen molar-refractivity contribution in [3.05, 3.63) is 63.9 Å². The third kappa shape index (κ3) is 4.26.